The van der Waals surface area contributed by atoms with E-state index in [-0.39, 0.29) is 10.9 Å². The van der Waals surface area contributed by atoms with Gasteiger partial charge >= 0.3 is 0 Å². The van der Waals surface area contributed by atoms with Gasteiger partial charge in [-0.2, -0.15) is 0 Å². The lowest BCUT2D eigenvalue weighted by Crippen LogP contribution is -2.30. The Hall–Kier alpha value is -2.50. The van der Waals surface area contributed by atoms with E-state index < -0.39 is 6.10 Å². The molecule has 0 saturated heterocycles. The minimum Gasteiger partial charge on any atom is -0.479 e. The van der Waals surface area contributed by atoms with Crippen molar-refractivity contribution in [2.45, 2.75) is 26.5 Å². The second kappa shape index (κ2) is 8.46. The van der Waals surface area contributed by atoms with E-state index in [0.717, 1.165) is 17.9 Å². The molecule has 27 heavy (non-hydrogen) atoms. The van der Waals surface area contributed by atoms with Crippen LogP contribution in [-0.2, 0) is 11.3 Å². The summed E-state index contributed by atoms with van der Waals surface area (Å²) < 4.78 is 7.68. The molecule has 0 fully saturated rings. The third-order valence-corrected chi connectivity index (χ3v) is 4.89. The van der Waals surface area contributed by atoms with E-state index in [2.05, 4.69) is 14.9 Å². The van der Waals surface area contributed by atoms with Crippen LogP contribution in [0.4, 0.5) is 5.69 Å². The fourth-order valence-electron chi connectivity index (χ4n) is 2.52. The van der Waals surface area contributed by atoms with Crippen LogP contribution < -0.4 is 10.1 Å². The van der Waals surface area contributed by atoms with Crippen molar-refractivity contribution in [2.24, 2.45) is 0 Å². The van der Waals surface area contributed by atoms with Gasteiger partial charge in [-0.3, -0.25) is 4.79 Å². The lowest BCUT2D eigenvalue weighted by atomic mass is 10.2. The number of aromatic nitrogens is 2. The summed E-state index contributed by atoms with van der Waals surface area (Å²) in [5.74, 6) is 1.06. The third kappa shape index (κ3) is 4.81. The molecule has 1 aromatic heterocycles. The number of ether oxygens (including phenoxy) is 1. The maximum Gasteiger partial charge on any atom is 0.265 e. The highest BCUT2D eigenvalue weighted by molar-refractivity contribution is 6.42. The molecule has 1 N–H and O–H groups in total. The number of carbonyl (C=O) groups is 1. The highest BCUT2D eigenvalue weighted by Gasteiger charge is 2.17. The van der Waals surface area contributed by atoms with Crippen molar-refractivity contribution in [1.29, 1.82) is 0 Å². The summed E-state index contributed by atoms with van der Waals surface area (Å²) in [6, 6.07) is 12.7. The van der Waals surface area contributed by atoms with Crippen molar-refractivity contribution < 1.29 is 9.53 Å². The van der Waals surface area contributed by atoms with Crippen molar-refractivity contribution in [3.05, 3.63) is 76.3 Å². The van der Waals surface area contributed by atoms with Gasteiger partial charge in [-0.25, -0.2) is 4.98 Å². The molecule has 0 radical (unpaired) electrons. The monoisotopic (exact) mass is 403 g/mol. The van der Waals surface area contributed by atoms with E-state index in [9.17, 15) is 4.79 Å². The van der Waals surface area contributed by atoms with Crippen molar-refractivity contribution >= 4 is 34.8 Å². The van der Waals surface area contributed by atoms with Crippen LogP contribution in [0.15, 0.2) is 54.9 Å². The lowest BCUT2D eigenvalue weighted by molar-refractivity contribution is -0.122. The summed E-state index contributed by atoms with van der Waals surface area (Å²) in [5.41, 5.74) is 1.81. The number of anilines is 1. The van der Waals surface area contributed by atoms with Gasteiger partial charge in [0.25, 0.3) is 5.91 Å². The number of nitrogens with zero attached hydrogens (tertiary/aromatic N) is 2. The number of amides is 1. The lowest BCUT2D eigenvalue weighted by Gasteiger charge is -2.16. The molecule has 1 atom stereocenters. The molecule has 2 aromatic carbocycles. The Morgan fingerprint density at radius 1 is 1.22 bits per heavy atom. The molecule has 1 heterocycles. The van der Waals surface area contributed by atoms with Gasteiger partial charge in [0.15, 0.2) is 6.10 Å². The molecule has 1 amide bonds. The third-order valence-electron chi connectivity index (χ3n) is 4.09. The molecule has 7 heteroatoms. The average Bonchev–Trinajstić information content (AvgIpc) is 3.05. The van der Waals surface area contributed by atoms with E-state index in [1.165, 1.54) is 0 Å². The minimum absolute atomic E-state index is 0.274. The van der Waals surface area contributed by atoms with Gasteiger partial charge in [0, 0.05) is 24.6 Å². The molecule has 0 aliphatic carbocycles. The molecule has 0 aliphatic rings. The van der Waals surface area contributed by atoms with Gasteiger partial charge in [-0.15, -0.1) is 0 Å². The molecule has 140 valence electrons. The van der Waals surface area contributed by atoms with E-state index >= 15 is 0 Å². The van der Waals surface area contributed by atoms with E-state index in [1.807, 2.05) is 37.4 Å². The number of halogens is 2. The van der Waals surface area contributed by atoms with Crippen LogP contribution in [0.5, 0.6) is 5.75 Å². The highest BCUT2D eigenvalue weighted by atomic mass is 35.5. The zero-order valence-corrected chi connectivity index (χ0v) is 16.5. The molecule has 0 aliphatic heterocycles. The van der Waals surface area contributed by atoms with E-state index in [0.29, 0.717) is 16.5 Å². The summed E-state index contributed by atoms with van der Waals surface area (Å²) in [6.07, 6.45) is 2.98. The van der Waals surface area contributed by atoms with E-state index in [1.54, 1.807) is 31.3 Å². The Bertz CT molecular complexity index is 939. The minimum atomic E-state index is -0.728. The van der Waals surface area contributed by atoms with Gasteiger partial charge in [-0.05, 0) is 43.7 Å². The first-order valence-corrected chi connectivity index (χ1v) is 9.18. The topological polar surface area (TPSA) is 56.2 Å². The number of rotatable bonds is 6. The summed E-state index contributed by atoms with van der Waals surface area (Å²) in [7, 11) is 0. The van der Waals surface area contributed by atoms with Crippen LogP contribution in [-0.4, -0.2) is 21.6 Å². The Morgan fingerprint density at radius 2 is 1.96 bits per heavy atom. The molecule has 0 spiro atoms. The first kappa shape index (κ1) is 19.3. The standard InChI is InChI=1S/C20H19Cl2N3O2/c1-13(27-18-5-3-4-17(21)19(18)22)20(26)24-16-8-6-15(7-9-16)12-25-11-10-23-14(25)2/h3-11,13H,12H2,1-2H3,(H,24,26). The highest BCUT2D eigenvalue weighted by Crippen LogP contribution is 2.32. The molecule has 0 bridgehead atoms. The molecule has 1 unspecified atom stereocenters. The maximum absolute atomic E-state index is 12.4. The van der Waals surface area contributed by atoms with Gasteiger partial charge in [0.2, 0.25) is 0 Å². The number of imidazole rings is 1. The van der Waals surface area contributed by atoms with Crippen LogP contribution in [0.25, 0.3) is 0 Å². The second-order valence-electron chi connectivity index (χ2n) is 6.10. The normalized spacial score (nSPS) is 11.9. The maximum atomic E-state index is 12.4. The van der Waals surface area contributed by atoms with E-state index in [4.69, 9.17) is 27.9 Å². The summed E-state index contributed by atoms with van der Waals surface area (Å²) in [5, 5.41) is 3.50. The van der Waals surface area contributed by atoms with Crippen molar-refractivity contribution in [3.8, 4) is 5.75 Å². The SMILES string of the molecule is Cc1nccn1Cc1ccc(NC(=O)C(C)Oc2cccc(Cl)c2Cl)cc1. The average molecular weight is 404 g/mol. The van der Waals surface area contributed by atoms with Crippen LogP contribution in [0.2, 0.25) is 10.0 Å². The number of aryl methyl sites for hydroxylation is 1. The fraction of sp³-hybridized carbons (Fsp3) is 0.200. The number of benzene rings is 2. The van der Waals surface area contributed by atoms with Crippen molar-refractivity contribution in [1.82, 2.24) is 9.55 Å². The van der Waals surface area contributed by atoms with Crippen molar-refractivity contribution in [3.63, 3.8) is 0 Å². The molecular formula is C20H19Cl2N3O2. The molecule has 3 aromatic rings. The summed E-state index contributed by atoms with van der Waals surface area (Å²) in [4.78, 5) is 16.6. The quantitative estimate of drug-likeness (QED) is 0.632. The Kier molecular flexibility index (Phi) is 6.04. The molecular weight excluding hydrogens is 385 g/mol. The smallest absolute Gasteiger partial charge is 0.265 e. The predicted molar refractivity (Wildman–Crippen MR) is 108 cm³/mol. The van der Waals surface area contributed by atoms with Gasteiger partial charge in [0.05, 0.1) is 5.02 Å². The molecule has 5 nitrogen and oxygen atoms in total. The molecule has 0 saturated carbocycles. The molecule has 3 rings (SSSR count). The first-order chi connectivity index (χ1) is 12.9. The Labute approximate surface area is 167 Å². The van der Waals surface area contributed by atoms with Gasteiger partial charge in [-0.1, -0.05) is 41.4 Å². The van der Waals surface area contributed by atoms with Crippen LogP contribution >= 0.6 is 23.2 Å². The number of nitrogens with one attached hydrogen (secondary N) is 1. The van der Waals surface area contributed by atoms with Gasteiger partial charge in [0.1, 0.15) is 16.6 Å². The Balaban J connectivity index is 1.60. The fourth-order valence-corrected chi connectivity index (χ4v) is 2.86. The predicted octanol–water partition coefficient (Wildman–Crippen LogP) is 4.95. The van der Waals surface area contributed by atoms with Gasteiger partial charge < -0.3 is 14.6 Å². The Morgan fingerprint density at radius 3 is 2.63 bits per heavy atom. The largest absolute Gasteiger partial charge is 0.479 e. The summed E-state index contributed by atoms with van der Waals surface area (Å²) >= 11 is 12.1. The zero-order chi connectivity index (χ0) is 19.4. The van der Waals surface area contributed by atoms with Crippen molar-refractivity contribution in [2.75, 3.05) is 5.32 Å². The first-order valence-electron chi connectivity index (χ1n) is 8.42. The van der Waals surface area contributed by atoms with Crippen LogP contribution in [0, 0.1) is 6.92 Å². The number of hydrogen-bond acceptors (Lipinski definition) is 3. The number of carbonyl (C=O) groups excluding carboxylic acids is 1. The van der Waals surface area contributed by atoms with Crippen LogP contribution in [0.1, 0.15) is 18.3 Å². The van der Waals surface area contributed by atoms with Crippen LogP contribution in [0.3, 0.4) is 0 Å². The number of hydrogen-bond donors (Lipinski definition) is 1. The summed E-state index contributed by atoms with van der Waals surface area (Å²) in [6.45, 7) is 4.34. The second-order valence-corrected chi connectivity index (χ2v) is 6.89. The zero-order valence-electron chi connectivity index (χ0n) is 14.9.